The molecule has 1 N–H and O–H groups in total. The summed E-state index contributed by atoms with van der Waals surface area (Å²) < 4.78 is 5.54. The highest BCUT2D eigenvalue weighted by Gasteiger charge is 2.09. The van der Waals surface area contributed by atoms with Crippen LogP contribution in [-0.4, -0.2) is 37.6 Å². The van der Waals surface area contributed by atoms with Gasteiger partial charge < -0.3 is 15.0 Å². The number of ether oxygens (including phenoxy) is 1. The third-order valence-corrected chi connectivity index (χ3v) is 3.13. The Labute approximate surface area is 115 Å². The molecule has 0 spiro atoms. The molecule has 0 fully saturated rings. The lowest BCUT2D eigenvalue weighted by molar-refractivity contribution is -0.131. The first-order chi connectivity index (χ1) is 9.08. The van der Waals surface area contributed by atoms with E-state index in [0.717, 1.165) is 17.9 Å². The molecule has 1 aromatic rings. The fraction of sp³-hybridized carbons (Fsp3) is 0.533. The van der Waals surface area contributed by atoms with E-state index >= 15 is 0 Å². The van der Waals surface area contributed by atoms with E-state index in [9.17, 15) is 4.79 Å². The minimum Gasteiger partial charge on any atom is -0.484 e. The fourth-order valence-corrected chi connectivity index (χ4v) is 1.73. The van der Waals surface area contributed by atoms with Crippen molar-refractivity contribution in [2.24, 2.45) is 0 Å². The SMILES string of the molecule is CCNC(C)c1cccc(OCC(=O)N(C)CC)c1. The van der Waals surface area contributed by atoms with Crippen LogP contribution < -0.4 is 10.1 Å². The van der Waals surface area contributed by atoms with Gasteiger partial charge in [-0.1, -0.05) is 19.1 Å². The van der Waals surface area contributed by atoms with E-state index in [1.54, 1.807) is 11.9 Å². The molecule has 0 aromatic heterocycles. The number of amides is 1. The number of rotatable bonds is 7. The first kappa shape index (κ1) is 15.5. The highest BCUT2D eigenvalue weighted by molar-refractivity contribution is 5.77. The minimum absolute atomic E-state index is 0.00682. The highest BCUT2D eigenvalue weighted by atomic mass is 16.5. The molecule has 0 aliphatic carbocycles. The maximum atomic E-state index is 11.7. The molecule has 0 aliphatic heterocycles. The second-order valence-electron chi connectivity index (χ2n) is 4.55. The van der Waals surface area contributed by atoms with Crippen LogP contribution in [0.3, 0.4) is 0 Å². The minimum atomic E-state index is -0.00682. The number of nitrogens with zero attached hydrogens (tertiary/aromatic N) is 1. The molecule has 4 heteroatoms. The van der Waals surface area contributed by atoms with E-state index in [0.29, 0.717) is 6.54 Å². The number of nitrogens with one attached hydrogen (secondary N) is 1. The Balaban J connectivity index is 2.60. The Bertz CT molecular complexity index is 407. The van der Waals surface area contributed by atoms with Gasteiger partial charge in [-0.2, -0.15) is 0 Å². The topological polar surface area (TPSA) is 41.6 Å². The standard InChI is InChI=1S/C15H24N2O2/c1-5-16-12(3)13-8-7-9-14(10-13)19-11-15(18)17(4)6-2/h7-10,12,16H,5-6,11H2,1-4H3. The largest absolute Gasteiger partial charge is 0.484 e. The molecule has 1 amide bonds. The molecule has 0 aliphatic rings. The average Bonchev–Trinajstić information content (AvgIpc) is 2.44. The average molecular weight is 264 g/mol. The van der Waals surface area contributed by atoms with Crippen LogP contribution in [0.15, 0.2) is 24.3 Å². The number of carbonyl (C=O) groups excluding carboxylic acids is 1. The Hall–Kier alpha value is -1.55. The van der Waals surface area contributed by atoms with Crippen molar-refractivity contribution in [1.82, 2.24) is 10.2 Å². The second kappa shape index (κ2) is 7.79. The lowest BCUT2D eigenvalue weighted by Gasteiger charge is -2.16. The summed E-state index contributed by atoms with van der Waals surface area (Å²) in [7, 11) is 1.77. The molecule has 19 heavy (non-hydrogen) atoms. The third-order valence-electron chi connectivity index (χ3n) is 3.13. The number of benzene rings is 1. The molecular weight excluding hydrogens is 240 g/mol. The summed E-state index contributed by atoms with van der Waals surface area (Å²) in [5.41, 5.74) is 1.16. The van der Waals surface area contributed by atoms with Crippen LogP contribution in [0, 0.1) is 0 Å². The molecule has 0 heterocycles. The first-order valence-corrected chi connectivity index (χ1v) is 6.78. The van der Waals surface area contributed by atoms with Gasteiger partial charge in [-0.05, 0) is 38.1 Å². The van der Waals surface area contributed by atoms with Crippen LogP contribution in [0.2, 0.25) is 0 Å². The molecule has 0 radical (unpaired) electrons. The van der Waals surface area contributed by atoms with Crippen LogP contribution in [0.5, 0.6) is 5.75 Å². The van der Waals surface area contributed by atoms with Crippen molar-refractivity contribution in [3.63, 3.8) is 0 Å². The van der Waals surface area contributed by atoms with Crippen LogP contribution in [0.25, 0.3) is 0 Å². The molecule has 1 atom stereocenters. The van der Waals surface area contributed by atoms with Gasteiger partial charge in [0.25, 0.3) is 5.91 Å². The van der Waals surface area contributed by atoms with Crippen molar-refractivity contribution in [2.75, 3.05) is 26.7 Å². The van der Waals surface area contributed by atoms with Crippen molar-refractivity contribution >= 4 is 5.91 Å². The summed E-state index contributed by atoms with van der Waals surface area (Å²) in [6, 6.07) is 8.14. The molecule has 1 rings (SSSR count). The predicted molar refractivity (Wildman–Crippen MR) is 77.3 cm³/mol. The number of carbonyl (C=O) groups is 1. The van der Waals surface area contributed by atoms with Gasteiger partial charge in [0, 0.05) is 19.6 Å². The molecule has 0 saturated carbocycles. The molecule has 0 bridgehead atoms. The van der Waals surface area contributed by atoms with Crippen molar-refractivity contribution in [3.05, 3.63) is 29.8 Å². The van der Waals surface area contributed by atoms with E-state index in [1.807, 2.05) is 25.1 Å². The predicted octanol–water partition coefficient (Wildman–Crippen LogP) is 2.21. The molecular formula is C15H24N2O2. The van der Waals surface area contributed by atoms with E-state index in [4.69, 9.17) is 4.74 Å². The van der Waals surface area contributed by atoms with Crippen molar-refractivity contribution in [1.29, 1.82) is 0 Å². The zero-order valence-corrected chi connectivity index (χ0v) is 12.3. The van der Waals surface area contributed by atoms with Crippen LogP contribution in [-0.2, 0) is 4.79 Å². The van der Waals surface area contributed by atoms with Crippen molar-refractivity contribution < 1.29 is 9.53 Å². The lowest BCUT2D eigenvalue weighted by Crippen LogP contribution is -2.31. The summed E-state index contributed by atoms with van der Waals surface area (Å²) in [6.07, 6.45) is 0. The zero-order valence-electron chi connectivity index (χ0n) is 12.3. The van der Waals surface area contributed by atoms with Gasteiger partial charge in [0.15, 0.2) is 6.61 Å². The Morgan fingerprint density at radius 2 is 2.16 bits per heavy atom. The van der Waals surface area contributed by atoms with Gasteiger partial charge >= 0.3 is 0 Å². The number of hydrogen-bond acceptors (Lipinski definition) is 3. The highest BCUT2D eigenvalue weighted by Crippen LogP contribution is 2.19. The fourth-order valence-electron chi connectivity index (χ4n) is 1.73. The number of likely N-dealkylation sites (N-methyl/N-ethyl adjacent to an activating group) is 1. The number of hydrogen-bond donors (Lipinski definition) is 1. The third kappa shape index (κ3) is 4.91. The van der Waals surface area contributed by atoms with Crippen molar-refractivity contribution in [2.45, 2.75) is 26.8 Å². The van der Waals surface area contributed by atoms with Gasteiger partial charge in [-0.25, -0.2) is 0 Å². The van der Waals surface area contributed by atoms with E-state index in [-0.39, 0.29) is 18.6 Å². The second-order valence-corrected chi connectivity index (χ2v) is 4.55. The summed E-state index contributed by atoms with van der Waals surface area (Å²) >= 11 is 0. The molecule has 1 aromatic carbocycles. The van der Waals surface area contributed by atoms with E-state index < -0.39 is 0 Å². The molecule has 4 nitrogen and oxygen atoms in total. The maximum Gasteiger partial charge on any atom is 0.260 e. The Morgan fingerprint density at radius 3 is 2.79 bits per heavy atom. The summed E-state index contributed by atoms with van der Waals surface area (Å²) in [5, 5.41) is 3.35. The Kier molecular flexibility index (Phi) is 6.36. The summed E-state index contributed by atoms with van der Waals surface area (Å²) in [4.78, 5) is 13.3. The van der Waals surface area contributed by atoms with Crippen molar-refractivity contribution in [3.8, 4) is 5.75 Å². The van der Waals surface area contributed by atoms with E-state index in [1.165, 1.54) is 0 Å². The van der Waals surface area contributed by atoms with Crippen LogP contribution in [0.1, 0.15) is 32.4 Å². The summed E-state index contributed by atoms with van der Waals surface area (Å²) in [6.45, 7) is 7.83. The molecule has 106 valence electrons. The molecule has 0 saturated heterocycles. The maximum absolute atomic E-state index is 11.7. The van der Waals surface area contributed by atoms with Gasteiger partial charge in [0.05, 0.1) is 0 Å². The monoisotopic (exact) mass is 264 g/mol. The van der Waals surface area contributed by atoms with Gasteiger partial charge in [-0.15, -0.1) is 0 Å². The Morgan fingerprint density at radius 1 is 1.42 bits per heavy atom. The normalized spacial score (nSPS) is 12.0. The smallest absolute Gasteiger partial charge is 0.260 e. The van der Waals surface area contributed by atoms with Gasteiger partial charge in [-0.3, -0.25) is 4.79 Å². The molecule has 1 unspecified atom stereocenters. The van der Waals surface area contributed by atoms with E-state index in [2.05, 4.69) is 25.2 Å². The first-order valence-electron chi connectivity index (χ1n) is 6.78. The zero-order chi connectivity index (χ0) is 14.3. The van der Waals surface area contributed by atoms with Gasteiger partial charge in [0.2, 0.25) is 0 Å². The van der Waals surface area contributed by atoms with Gasteiger partial charge in [0.1, 0.15) is 5.75 Å². The quantitative estimate of drug-likeness (QED) is 0.821. The summed E-state index contributed by atoms with van der Waals surface area (Å²) in [5.74, 6) is 0.729. The van der Waals surface area contributed by atoms with Crippen LogP contribution >= 0.6 is 0 Å². The van der Waals surface area contributed by atoms with Crippen LogP contribution in [0.4, 0.5) is 0 Å². The lowest BCUT2D eigenvalue weighted by atomic mass is 10.1.